The van der Waals surface area contributed by atoms with Crippen molar-refractivity contribution in [2.75, 3.05) is 20.3 Å². The van der Waals surface area contributed by atoms with Crippen molar-refractivity contribution in [3.63, 3.8) is 0 Å². The highest BCUT2D eigenvalue weighted by molar-refractivity contribution is 9.10. The lowest BCUT2D eigenvalue weighted by Gasteiger charge is -2.22. The van der Waals surface area contributed by atoms with Gasteiger partial charge in [0.05, 0.1) is 17.2 Å². The molecule has 0 aromatic heterocycles. The maximum absolute atomic E-state index is 13.0. The van der Waals surface area contributed by atoms with Crippen molar-refractivity contribution >= 4 is 55.7 Å². The second-order valence-electron chi connectivity index (χ2n) is 11.4. The van der Waals surface area contributed by atoms with E-state index >= 15 is 0 Å². The average Bonchev–Trinajstić information content (AvgIpc) is 3.47. The molecule has 2 aromatic rings. The number of carbonyl (C=O) groups is 1. The Labute approximate surface area is 265 Å². The number of hydrogen-bond donors (Lipinski definition) is 1. The van der Waals surface area contributed by atoms with E-state index in [4.69, 9.17) is 24.7 Å². The first-order valence-corrected chi connectivity index (χ1v) is 16.8. The number of amidine groups is 2. The van der Waals surface area contributed by atoms with Gasteiger partial charge in [-0.25, -0.2) is 0 Å². The summed E-state index contributed by atoms with van der Waals surface area (Å²) in [7, 11) is 1.57. The van der Waals surface area contributed by atoms with Crippen LogP contribution in [0.3, 0.4) is 0 Å². The Hall–Kier alpha value is -3.11. The quantitative estimate of drug-likeness (QED) is 0.215. The molecule has 6 rings (SSSR count). The number of ether oxygens (including phenoxy) is 3. The van der Waals surface area contributed by atoms with E-state index in [1.54, 1.807) is 19.3 Å². The molecule has 2 aromatic carbocycles. The van der Waals surface area contributed by atoms with Gasteiger partial charge in [-0.05, 0) is 101 Å². The second kappa shape index (κ2) is 13.7. The number of rotatable bonds is 9. The first-order valence-electron chi connectivity index (χ1n) is 15.2. The van der Waals surface area contributed by atoms with Crippen molar-refractivity contribution in [3.8, 4) is 17.2 Å². The zero-order chi connectivity index (χ0) is 29.8. The Morgan fingerprint density at radius 3 is 2.35 bits per heavy atom. The maximum Gasteiger partial charge on any atom is 0.283 e. The maximum atomic E-state index is 13.0. The molecule has 0 atom stereocenters. The summed E-state index contributed by atoms with van der Waals surface area (Å²) in [5.41, 5.74) is 2.27. The van der Waals surface area contributed by atoms with Crippen LogP contribution in [-0.2, 0) is 4.79 Å². The summed E-state index contributed by atoms with van der Waals surface area (Å²) < 4.78 is 18.3. The summed E-state index contributed by atoms with van der Waals surface area (Å²) >= 11 is 5.02. The smallest absolute Gasteiger partial charge is 0.283 e. The molecule has 0 bridgehead atoms. The van der Waals surface area contributed by atoms with Gasteiger partial charge in [0, 0.05) is 5.92 Å². The number of thioether (sulfide) groups is 1. The molecule has 0 radical (unpaired) electrons. The molecule has 1 N–H and O–H groups in total. The Balaban J connectivity index is 1.09. The highest BCUT2D eigenvalue weighted by atomic mass is 79.9. The van der Waals surface area contributed by atoms with Crippen molar-refractivity contribution in [1.82, 2.24) is 5.01 Å². The number of halogens is 1. The molecule has 2 saturated carbocycles. The van der Waals surface area contributed by atoms with Crippen LogP contribution in [0.4, 0.5) is 0 Å². The van der Waals surface area contributed by atoms with Gasteiger partial charge in [0.2, 0.25) is 5.17 Å². The first-order chi connectivity index (χ1) is 21.0. The molecule has 226 valence electrons. The number of hydrogen-bond acceptors (Lipinski definition) is 7. The molecule has 2 aliphatic heterocycles. The molecule has 43 heavy (non-hydrogen) atoms. The van der Waals surface area contributed by atoms with E-state index in [9.17, 15) is 4.79 Å². The fourth-order valence-corrected chi connectivity index (χ4v) is 7.86. The lowest BCUT2D eigenvalue weighted by Crippen LogP contribution is -2.35. The molecule has 1 amide bonds. The number of carbonyl (C=O) groups excluding carboxylic acids is 1. The van der Waals surface area contributed by atoms with Gasteiger partial charge in [0.25, 0.3) is 5.91 Å². The van der Waals surface area contributed by atoms with Gasteiger partial charge in [-0.1, -0.05) is 50.7 Å². The molecular formula is C33H37BrN4O4S. The highest BCUT2D eigenvalue weighted by Gasteiger charge is 2.38. The van der Waals surface area contributed by atoms with Gasteiger partial charge in [-0.3, -0.25) is 10.2 Å². The Morgan fingerprint density at radius 2 is 1.65 bits per heavy atom. The number of nitrogens with zero attached hydrogens (tertiary/aromatic N) is 3. The number of benzene rings is 2. The van der Waals surface area contributed by atoms with Crippen molar-refractivity contribution in [3.05, 3.63) is 57.6 Å². The number of methoxy groups -OCH3 is 1. The lowest BCUT2D eigenvalue weighted by molar-refractivity contribution is -0.114. The number of fused-ring (bicyclic) bond motifs is 1. The Kier molecular flexibility index (Phi) is 9.52. The summed E-state index contributed by atoms with van der Waals surface area (Å²) in [5, 5.41) is 16.4. The normalized spacial score (nSPS) is 20.6. The highest BCUT2D eigenvalue weighted by Crippen LogP contribution is 2.39. The minimum atomic E-state index is -0.441. The van der Waals surface area contributed by atoms with Crippen LogP contribution in [0.15, 0.2) is 56.5 Å². The number of hydrazone groups is 1. The SMILES string of the molecule is COc1cc(/C=C2/C(=N)N3N=C(C4CCCCC4)SC3=NC2=O)cc(Br)c1OCCOc1ccc(C2CCCCC2)cc1. The van der Waals surface area contributed by atoms with Crippen LogP contribution in [-0.4, -0.2) is 47.3 Å². The van der Waals surface area contributed by atoms with Gasteiger partial charge in [-0.2, -0.15) is 15.1 Å². The van der Waals surface area contributed by atoms with E-state index in [0.29, 0.717) is 51.8 Å². The van der Waals surface area contributed by atoms with Crippen LogP contribution in [0, 0.1) is 11.3 Å². The summed E-state index contributed by atoms with van der Waals surface area (Å²) in [4.78, 5) is 17.2. The molecule has 0 spiro atoms. The minimum Gasteiger partial charge on any atom is -0.493 e. The molecule has 10 heteroatoms. The zero-order valence-corrected chi connectivity index (χ0v) is 26.8. The largest absolute Gasteiger partial charge is 0.493 e. The minimum absolute atomic E-state index is 0.0349. The number of nitrogens with one attached hydrogen (secondary N) is 1. The standard InChI is InChI=1S/C33H37BrN4O4S/c1-40-28-20-21(18-26-30(35)38-33(36-31(26)39)43-32(37-38)24-10-6-3-7-11-24)19-27(34)29(28)42-17-16-41-25-14-12-23(13-15-25)22-8-4-2-5-9-22/h12-15,18-20,22,24,35H,2-11,16-17H2,1H3/b26-18-,35-30?. The molecule has 4 aliphatic rings. The van der Waals surface area contributed by atoms with Crippen LogP contribution < -0.4 is 14.2 Å². The van der Waals surface area contributed by atoms with Crippen LogP contribution in [0.5, 0.6) is 17.2 Å². The van der Waals surface area contributed by atoms with Crippen LogP contribution in [0.2, 0.25) is 0 Å². The monoisotopic (exact) mass is 664 g/mol. The van der Waals surface area contributed by atoms with Crippen LogP contribution in [0.1, 0.15) is 81.3 Å². The van der Waals surface area contributed by atoms with Gasteiger partial charge >= 0.3 is 0 Å². The number of amides is 1. The Bertz CT molecular complexity index is 1460. The van der Waals surface area contributed by atoms with Gasteiger partial charge in [0.1, 0.15) is 24.0 Å². The molecule has 2 fully saturated rings. The fourth-order valence-electron chi connectivity index (χ4n) is 6.23. The van der Waals surface area contributed by atoms with E-state index < -0.39 is 5.91 Å². The van der Waals surface area contributed by atoms with E-state index in [0.717, 1.165) is 23.6 Å². The van der Waals surface area contributed by atoms with E-state index in [1.807, 2.05) is 18.2 Å². The third-order valence-electron chi connectivity index (χ3n) is 8.54. The fraction of sp³-hybridized carbons (Fsp3) is 0.455. The van der Waals surface area contributed by atoms with E-state index in [1.165, 1.54) is 73.7 Å². The van der Waals surface area contributed by atoms with E-state index in [2.05, 4.69) is 33.1 Å². The van der Waals surface area contributed by atoms with Crippen molar-refractivity contribution in [1.29, 1.82) is 5.41 Å². The van der Waals surface area contributed by atoms with Gasteiger partial charge < -0.3 is 14.2 Å². The third kappa shape index (κ3) is 6.85. The predicted octanol–water partition coefficient (Wildman–Crippen LogP) is 8.16. The molecule has 2 aliphatic carbocycles. The van der Waals surface area contributed by atoms with E-state index in [-0.39, 0.29) is 11.4 Å². The summed E-state index contributed by atoms with van der Waals surface area (Å²) in [6.45, 7) is 0.710. The second-order valence-corrected chi connectivity index (χ2v) is 13.3. The van der Waals surface area contributed by atoms with Crippen molar-refractivity contribution in [2.45, 2.75) is 70.1 Å². The van der Waals surface area contributed by atoms with Crippen molar-refractivity contribution < 1.29 is 19.0 Å². The average molecular weight is 666 g/mol. The van der Waals surface area contributed by atoms with Crippen LogP contribution >= 0.6 is 27.7 Å². The molecular weight excluding hydrogens is 628 g/mol. The Morgan fingerprint density at radius 1 is 0.977 bits per heavy atom. The number of aliphatic imine (C=N–C) groups is 1. The topological polar surface area (TPSA) is 96.6 Å². The lowest BCUT2D eigenvalue weighted by atomic mass is 9.84. The first kappa shape index (κ1) is 29.9. The zero-order valence-electron chi connectivity index (χ0n) is 24.4. The van der Waals surface area contributed by atoms with Crippen LogP contribution in [0.25, 0.3) is 6.08 Å². The summed E-state index contributed by atoms with van der Waals surface area (Å²) in [5.74, 6) is 2.53. The molecule has 0 unspecified atom stereocenters. The van der Waals surface area contributed by atoms with Crippen molar-refractivity contribution in [2.24, 2.45) is 16.0 Å². The van der Waals surface area contributed by atoms with Gasteiger partial charge in [-0.15, -0.1) is 0 Å². The summed E-state index contributed by atoms with van der Waals surface area (Å²) in [6, 6.07) is 12.1. The predicted molar refractivity (Wildman–Crippen MR) is 176 cm³/mol. The molecule has 8 nitrogen and oxygen atoms in total. The third-order valence-corrected chi connectivity index (χ3v) is 10.2. The van der Waals surface area contributed by atoms with Gasteiger partial charge in [0.15, 0.2) is 17.3 Å². The molecule has 2 heterocycles. The summed E-state index contributed by atoms with van der Waals surface area (Å²) in [6.07, 6.45) is 14.0. The molecule has 0 saturated heterocycles.